The van der Waals surface area contributed by atoms with Crippen molar-refractivity contribution in [2.45, 2.75) is 25.5 Å². The molecule has 26 heavy (non-hydrogen) atoms. The van der Waals surface area contributed by atoms with Gasteiger partial charge in [0.15, 0.2) is 0 Å². The number of nitrogens with two attached hydrogens (primary N) is 1. The lowest BCUT2D eigenvalue weighted by molar-refractivity contribution is -0.129. The summed E-state index contributed by atoms with van der Waals surface area (Å²) >= 11 is 0. The van der Waals surface area contributed by atoms with Crippen LogP contribution < -0.4 is 16.6 Å². The Bertz CT molecular complexity index is 894. The fourth-order valence-corrected chi connectivity index (χ4v) is 2.91. The lowest BCUT2D eigenvalue weighted by Crippen LogP contribution is -2.51. The Labute approximate surface area is 149 Å². The number of ether oxygens (including phenoxy) is 2. The molecule has 3 N–H and O–H groups in total. The normalized spacial score (nSPS) is 20.0. The lowest BCUT2D eigenvalue weighted by atomic mass is 10.1. The van der Waals surface area contributed by atoms with Gasteiger partial charge in [-0.05, 0) is 25.5 Å². The SMILES string of the molecule is Cc1cccc2ncc(C(=O)N[C@@H]3CCOC[C@H]3OCC(N)=O)c(=O)n12. The number of rotatable bonds is 5. The molecule has 1 fully saturated rings. The monoisotopic (exact) mass is 360 g/mol. The van der Waals surface area contributed by atoms with E-state index in [-0.39, 0.29) is 18.8 Å². The van der Waals surface area contributed by atoms with Crippen LogP contribution in [0.3, 0.4) is 0 Å². The highest BCUT2D eigenvalue weighted by Crippen LogP contribution is 2.12. The summed E-state index contributed by atoms with van der Waals surface area (Å²) in [6.45, 7) is 2.17. The van der Waals surface area contributed by atoms with Crippen LogP contribution >= 0.6 is 0 Å². The van der Waals surface area contributed by atoms with Crippen molar-refractivity contribution in [2.24, 2.45) is 5.73 Å². The Morgan fingerprint density at radius 3 is 3.04 bits per heavy atom. The number of amides is 2. The first kappa shape index (κ1) is 18.0. The number of carbonyl (C=O) groups is 2. The molecule has 9 heteroatoms. The molecule has 1 saturated heterocycles. The highest BCUT2D eigenvalue weighted by Gasteiger charge is 2.29. The predicted molar refractivity (Wildman–Crippen MR) is 91.8 cm³/mol. The zero-order valence-electron chi connectivity index (χ0n) is 14.3. The Balaban J connectivity index is 1.81. The molecule has 0 unspecified atom stereocenters. The molecule has 0 aromatic carbocycles. The van der Waals surface area contributed by atoms with Crippen molar-refractivity contribution in [3.8, 4) is 0 Å². The van der Waals surface area contributed by atoms with Crippen LogP contribution in [-0.2, 0) is 14.3 Å². The van der Waals surface area contributed by atoms with Crippen molar-refractivity contribution in [2.75, 3.05) is 19.8 Å². The largest absolute Gasteiger partial charge is 0.379 e. The zero-order valence-corrected chi connectivity index (χ0v) is 14.3. The van der Waals surface area contributed by atoms with Gasteiger partial charge in [0.25, 0.3) is 11.5 Å². The summed E-state index contributed by atoms with van der Waals surface area (Å²) in [4.78, 5) is 40.4. The lowest BCUT2D eigenvalue weighted by Gasteiger charge is -2.31. The van der Waals surface area contributed by atoms with Gasteiger partial charge in [0, 0.05) is 18.5 Å². The maximum Gasteiger partial charge on any atom is 0.270 e. The number of hydrogen-bond acceptors (Lipinski definition) is 6. The maximum absolute atomic E-state index is 12.7. The second kappa shape index (κ2) is 7.63. The fourth-order valence-electron chi connectivity index (χ4n) is 2.91. The quantitative estimate of drug-likeness (QED) is 0.733. The highest BCUT2D eigenvalue weighted by atomic mass is 16.5. The molecule has 2 amide bonds. The first-order chi connectivity index (χ1) is 12.5. The van der Waals surface area contributed by atoms with E-state index in [1.54, 1.807) is 25.1 Å². The summed E-state index contributed by atoms with van der Waals surface area (Å²) in [7, 11) is 0. The number of nitrogens with one attached hydrogen (secondary N) is 1. The molecular weight excluding hydrogens is 340 g/mol. The van der Waals surface area contributed by atoms with Crippen LogP contribution in [0.25, 0.3) is 5.65 Å². The summed E-state index contributed by atoms with van der Waals surface area (Å²) in [5.74, 6) is -1.15. The molecule has 3 heterocycles. The summed E-state index contributed by atoms with van der Waals surface area (Å²) in [5, 5.41) is 2.78. The predicted octanol–water partition coefficient (Wildman–Crippen LogP) is -0.608. The molecule has 1 aliphatic rings. The molecule has 0 spiro atoms. The second-order valence-electron chi connectivity index (χ2n) is 6.10. The molecule has 0 saturated carbocycles. The van der Waals surface area contributed by atoms with Crippen LogP contribution in [0.1, 0.15) is 22.5 Å². The Kier molecular flexibility index (Phi) is 5.29. The average molecular weight is 360 g/mol. The van der Waals surface area contributed by atoms with Gasteiger partial charge in [0.05, 0.1) is 12.6 Å². The van der Waals surface area contributed by atoms with E-state index in [4.69, 9.17) is 15.2 Å². The third-order valence-electron chi connectivity index (χ3n) is 4.23. The summed E-state index contributed by atoms with van der Waals surface area (Å²) in [5.41, 5.74) is 5.75. The van der Waals surface area contributed by atoms with Gasteiger partial charge in [-0.1, -0.05) is 6.07 Å². The van der Waals surface area contributed by atoms with Gasteiger partial charge in [-0.15, -0.1) is 0 Å². The Morgan fingerprint density at radius 2 is 2.27 bits per heavy atom. The molecule has 138 valence electrons. The minimum Gasteiger partial charge on any atom is -0.379 e. The van der Waals surface area contributed by atoms with Crippen molar-refractivity contribution in [1.29, 1.82) is 0 Å². The van der Waals surface area contributed by atoms with Crippen LogP contribution in [0.4, 0.5) is 0 Å². The van der Waals surface area contributed by atoms with Crippen molar-refractivity contribution in [3.05, 3.63) is 46.0 Å². The zero-order chi connectivity index (χ0) is 18.7. The van der Waals surface area contributed by atoms with E-state index in [1.165, 1.54) is 10.6 Å². The second-order valence-corrected chi connectivity index (χ2v) is 6.10. The number of aryl methyl sites for hydroxylation is 1. The average Bonchev–Trinajstić information content (AvgIpc) is 2.61. The minimum absolute atomic E-state index is 0.0584. The Hall–Kier alpha value is -2.78. The molecule has 2 atom stereocenters. The van der Waals surface area contributed by atoms with Crippen LogP contribution in [-0.4, -0.2) is 53.2 Å². The van der Waals surface area contributed by atoms with Gasteiger partial charge in [-0.3, -0.25) is 18.8 Å². The third kappa shape index (κ3) is 3.73. The van der Waals surface area contributed by atoms with E-state index in [9.17, 15) is 14.4 Å². The topological polar surface area (TPSA) is 125 Å². The van der Waals surface area contributed by atoms with E-state index in [1.807, 2.05) is 0 Å². The van der Waals surface area contributed by atoms with E-state index in [2.05, 4.69) is 10.3 Å². The van der Waals surface area contributed by atoms with Gasteiger partial charge in [0.1, 0.15) is 23.9 Å². The maximum atomic E-state index is 12.7. The summed E-state index contributed by atoms with van der Waals surface area (Å²) < 4.78 is 12.1. The van der Waals surface area contributed by atoms with Crippen LogP contribution in [0.15, 0.2) is 29.2 Å². The van der Waals surface area contributed by atoms with Crippen LogP contribution in [0, 0.1) is 6.92 Å². The number of nitrogens with zero attached hydrogens (tertiary/aromatic N) is 2. The van der Waals surface area contributed by atoms with E-state index in [0.29, 0.717) is 24.4 Å². The van der Waals surface area contributed by atoms with Crippen molar-refractivity contribution >= 4 is 17.5 Å². The number of carbonyl (C=O) groups excluding carboxylic acids is 2. The molecule has 2 aromatic heterocycles. The number of fused-ring (bicyclic) bond motifs is 1. The van der Waals surface area contributed by atoms with E-state index in [0.717, 1.165) is 0 Å². The molecule has 0 aliphatic carbocycles. The Morgan fingerprint density at radius 1 is 1.46 bits per heavy atom. The summed E-state index contributed by atoms with van der Waals surface area (Å²) in [6, 6.07) is 4.86. The number of hydrogen-bond donors (Lipinski definition) is 2. The van der Waals surface area contributed by atoms with Gasteiger partial charge in [-0.25, -0.2) is 4.98 Å². The van der Waals surface area contributed by atoms with Gasteiger partial charge >= 0.3 is 0 Å². The number of pyridine rings is 1. The van der Waals surface area contributed by atoms with E-state index < -0.39 is 29.5 Å². The van der Waals surface area contributed by atoms with Crippen LogP contribution in [0.2, 0.25) is 0 Å². The highest BCUT2D eigenvalue weighted by molar-refractivity contribution is 5.94. The van der Waals surface area contributed by atoms with Crippen molar-refractivity contribution in [3.63, 3.8) is 0 Å². The number of primary amides is 1. The molecule has 0 radical (unpaired) electrons. The fraction of sp³-hybridized carbons (Fsp3) is 0.412. The van der Waals surface area contributed by atoms with Gasteiger partial charge < -0.3 is 20.5 Å². The first-order valence-electron chi connectivity index (χ1n) is 8.23. The van der Waals surface area contributed by atoms with Gasteiger partial charge in [0.2, 0.25) is 5.91 Å². The first-order valence-corrected chi connectivity index (χ1v) is 8.23. The van der Waals surface area contributed by atoms with Crippen molar-refractivity contribution < 1.29 is 19.1 Å². The molecule has 1 aliphatic heterocycles. The molecular formula is C17H20N4O5. The molecule has 2 aromatic rings. The standard InChI is InChI=1S/C17H20N4O5/c1-10-3-2-4-15-19-7-11(17(24)21(10)15)16(23)20-12-5-6-25-8-13(12)26-9-14(18)22/h2-4,7,12-13H,5-6,8-9H2,1H3,(H2,18,22)(H,20,23)/t12-,13-/m1/s1. The van der Waals surface area contributed by atoms with E-state index >= 15 is 0 Å². The minimum atomic E-state index is -0.604. The summed E-state index contributed by atoms with van der Waals surface area (Å²) in [6.07, 6.45) is 1.25. The van der Waals surface area contributed by atoms with Crippen LogP contribution in [0.5, 0.6) is 0 Å². The molecule has 9 nitrogen and oxygen atoms in total. The third-order valence-corrected chi connectivity index (χ3v) is 4.23. The van der Waals surface area contributed by atoms with Crippen molar-refractivity contribution in [1.82, 2.24) is 14.7 Å². The molecule has 3 rings (SSSR count). The number of aromatic nitrogens is 2. The van der Waals surface area contributed by atoms with Gasteiger partial charge in [-0.2, -0.15) is 0 Å². The smallest absolute Gasteiger partial charge is 0.270 e. The molecule has 0 bridgehead atoms.